The average Bonchev–Trinajstić information content (AvgIpc) is 2.32. The number of hydrogen-bond acceptors (Lipinski definition) is 3. The summed E-state index contributed by atoms with van der Waals surface area (Å²) in [7, 11) is 6.02. The highest BCUT2D eigenvalue weighted by Crippen LogP contribution is 2.18. The predicted octanol–water partition coefficient (Wildman–Crippen LogP) is -0.348. The van der Waals surface area contributed by atoms with E-state index < -0.39 is 0 Å². The van der Waals surface area contributed by atoms with Crippen molar-refractivity contribution in [3.63, 3.8) is 0 Å². The first-order valence-electron chi connectivity index (χ1n) is 4.29. The van der Waals surface area contributed by atoms with Crippen molar-refractivity contribution >= 4 is 7.85 Å². The molecule has 0 spiro atoms. The van der Waals surface area contributed by atoms with Crippen LogP contribution in [0.25, 0.3) is 0 Å². The largest absolute Gasteiger partial charge is 0.384 e. The first kappa shape index (κ1) is 9.77. The van der Waals surface area contributed by atoms with E-state index in [4.69, 9.17) is 5.73 Å². The van der Waals surface area contributed by atoms with Crippen molar-refractivity contribution < 1.29 is 0 Å². The summed E-state index contributed by atoms with van der Waals surface area (Å²) in [5.41, 5.74) is 8.10. The van der Waals surface area contributed by atoms with E-state index in [0.717, 1.165) is 23.7 Å². The van der Waals surface area contributed by atoms with E-state index in [0.29, 0.717) is 0 Å². The van der Waals surface area contributed by atoms with E-state index in [-0.39, 0.29) is 0 Å². The summed E-state index contributed by atoms with van der Waals surface area (Å²) in [6.07, 6.45) is 3.87. The van der Waals surface area contributed by atoms with Crippen LogP contribution in [0.3, 0.4) is 0 Å². The van der Waals surface area contributed by atoms with Crippen LogP contribution in [-0.2, 0) is 0 Å². The fourth-order valence-corrected chi connectivity index (χ4v) is 1.32. The molecule has 0 saturated heterocycles. The Morgan fingerprint density at radius 2 is 2.15 bits per heavy atom. The fraction of sp³-hybridized carbons (Fsp3) is 0.333. The van der Waals surface area contributed by atoms with Crippen LogP contribution in [0, 0.1) is 0 Å². The lowest BCUT2D eigenvalue weighted by Gasteiger charge is -2.14. The molecule has 1 rings (SSSR count). The quantitative estimate of drug-likeness (QED) is 0.462. The molecule has 13 heavy (non-hydrogen) atoms. The molecule has 0 fully saturated rings. The molecule has 0 aliphatic carbocycles. The van der Waals surface area contributed by atoms with Gasteiger partial charge in [0, 0.05) is 14.1 Å². The van der Waals surface area contributed by atoms with Crippen molar-refractivity contribution in [3.8, 4) is 0 Å². The van der Waals surface area contributed by atoms with Crippen LogP contribution in [0.5, 0.6) is 0 Å². The number of allylic oxidation sites excluding steroid dienone is 3. The van der Waals surface area contributed by atoms with Crippen LogP contribution in [0.4, 0.5) is 0 Å². The van der Waals surface area contributed by atoms with Crippen molar-refractivity contribution in [1.82, 2.24) is 9.80 Å². The van der Waals surface area contributed by atoms with Gasteiger partial charge in [-0.3, -0.25) is 0 Å². The maximum atomic E-state index is 5.90. The van der Waals surface area contributed by atoms with E-state index in [2.05, 4.69) is 11.5 Å². The Kier molecular flexibility index (Phi) is 2.71. The van der Waals surface area contributed by atoms with E-state index in [1.807, 2.05) is 39.0 Å². The Morgan fingerprint density at radius 1 is 1.54 bits per heavy atom. The van der Waals surface area contributed by atoms with Crippen LogP contribution < -0.4 is 5.73 Å². The highest BCUT2D eigenvalue weighted by molar-refractivity contribution is 6.23. The Balaban J connectivity index is 2.96. The zero-order chi connectivity index (χ0) is 10.0. The summed E-state index contributed by atoms with van der Waals surface area (Å²) in [6.45, 7) is 4.56. The summed E-state index contributed by atoms with van der Waals surface area (Å²) < 4.78 is 0. The molecule has 3 nitrogen and oxygen atoms in total. The van der Waals surface area contributed by atoms with Gasteiger partial charge in [-0.1, -0.05) is 18.1 Å². The summed E-state index contributed by atoms with van der Waals surface area (Å²) in [4.78, 5) is 4.13. The zero-order valence-corrected chi connectivity index (χ0v) is 8.54. The minimum Gasteiger partial charge on any atom is -0.384 e. The van der Waals surface area contributed by atoms with Crippen LogP contribution in [0.2, 0.25) is 0 Å². The van der Waals surface area contributed by atoms with Crippen molar-refractivity contribution in [2.75, 3.05) is 20.8 Å². The molecule has 70 valence electrons. The number of nitrogens with two attached hydrogens (primary N) is 1. The van der Waals surface area contributed by atoms with E-state index in [1.165, 1.54) is 0 Å². The lowest BCUT2D eigenvalue weighted by molar-refractivity contribution is 0.319. The molecule has 4 heteroatoms. The van der Waals surface area contributed by atoms with Crippen LogP contribution in [-0.4, -0.2) is 38.4 Å². The minimum absolute atomic E-state index is 0.823. The predicted molar refractivity (Wildman–Crippen MR) is 58.4 cm³/mol. The Labute approximate surface area is 80.6 Å². The van der Waals surface area contributed by atoms with Gasteiger partial charge in [0.15, 0.2) is 0 Å². The van der Waals surface area contributed by atoms with Gasteiger partial charge in [0.1, 0.15) is 13.7 Å². The van der Waals surface area contributed by atoms with Gasteiger partial charge < -0.3 is 15.5 Å². The molecule has 0 unspecified atom stereocenters. The Bertz CT molecular complexity index is 281. The third-order valence-electron chi connectivity index (χ3n) is 2.20. The molecule has 2 N–H and O–H groups in total. The number of hydrogen-bond donors (Lipinski definition) is 1. The molecule has 0 atom stereocenters. The molecular weight excluding hydrogens is 161 g/mol. The fourth-order valence-electron chi connectivity index (χ4n) is 1.32. The molecule has 0 aromatic carbocycles. The number of likely N-dealkylation sites (N-methyl/N-ethyl adjacent to an activating group) is 1. The lowest BCUT2D eigenvalue weighted by atomic mass is 9.95. The molecule has 0 saturated carbocycles. The van der Waals surface area contributed by atoms with Gasteiger partial charge in [-0.25, -0.2) is 0 Å². The number of nitrogens with zero attached hydrogens (tertiary/aromatic N) is 2. The van der Waals surface area contributed by atoms with E-state index in [1.54, 1.807) is 0 Å². The van der Waals surface area contributed by atoms with Crippen LogP contribution in [0.1, 0.15) is 0 Å². The van der Waals surface area contributed by atoms with Gasteiger partial charge >= 0.3 is 0 Å². The molecule has 1 aliphatic rings. The Morgan fingerprint density at radius 3 is 2.54 bits per heavy atom. The topological polar surface area (TPSA) is 32.5 Å². The molecule has 0 amide bonds. The van der Waals surface area contributed by atoms with Gasteiger partial charge in [-0.15, -0.1) is 0 Å². The summed E-state index contributed by atoms with van der Waals surface area (Å²) in [6, 6.07) is 0. The van der Waals surface area contributed by atoms with Crippen molar-refractivity contribution in [2.24, 2.45) is 5.73 Å². The Hall–Kier alpha value is -1.32. The SMILES string of the molecule is B/C(C=C)=C/C1=C(N)N(C)CN1C. The first-order valence-corrected chi connectivity index (χ1v) is 4.29. The smallest absolute Gasteiger partial charge is 0.139 e. The van der Waals surface area contributed by atoms with Crippen molar-refractivity contribution in [3.05, 3.63) is 35.7 Å². The van der Waals surface area contributed by atoms with Gasteiger partial charge in [-0.2, -0.15) is 0 Å². The third-order valence-corrected chi connectivity index (χ3v) is 2.20. The van der Waals surface area contributed by atoms with E-state index in [9.17, 15) is 0 Å². The second kappa shape index (κ2) is 3.60. The molecule has 0 aromatic rings. The van der Waals surface area contributed by atoms with Crippen molar-refractivity contribution in [2.45, 2.75) is 0 Å². The second-order valence-corrected chi connectivity index (χ2v) is 3.40. The number of rotatable bonds is 2. The summed E-state index contributed by atoms with van der Waals surface area (Å²) >= 11 is 0. The van der Waals surface area contributed by atoms with Crippen LogP contribution in [0.15, 0.2) is 35.7 Å². The monoisotopic (exact) mass is 177 g/mol. The minimum atomic E-state index is 0.823. The average molecular weight is 177 g/mol. The standard InChI is InChI=1S/C9H16BN3/c1-4-7(10)5-8-9(11)13(3)6-12(8)2/h4-5H,1,6,10-11H2,2-3H3/b7-5+. The summed E-state index contributed by atoms with van der Waals surface area (Å²) in [5, 5.41) is 0. The molecule has 0 bridgehead atoms. The lowest BCUT2D eigenvalue weighted by Crippen LogP contribution is -2.23. The molecule has 1 aliphatic heterocycles. The molecular formula is C9H16BN3. The normalized spacial score (nSPS) is 18.5. The first-order chi connectivity index (χ1) is 6.06. The zero-order valence-electron chi connectivity index (χ0n) is 8.54. The van der Waals surface area contributed by atoms with Crippen molar-refractivity contribution in [1.29, 1.82) is 0 Å². The second-order valence-electron chi connectivity index (χ2n) is 3.40. The van der Waals surface area contributed by atoms with Gasteiger partial charge in [-0.05, 0) is 6.08 Å². The highest BCUT2D eigenvalue weighted by atomic mass is 15.4. The maximum absolute atomic E-state index is 5.90. The summed E-state index contributed by atoms with van der Waals surface area (Å²) in [5.74, 6) is 0.823. The highest BCUT2D eigenvalue weighted by Gasteiger charge is 2.19. The van der Waals surface area contributed by atoms with Gasteiger partial charge in [0.05, 0.1) is 12.4 Å². The maximum Gasteiger partial charge on any atom is 0.139 e. The molecule has 1 heterocycles. The van der Waals surface area contributed by atoms with Gasteiger partial charge in [0.25, 0.3) is 0 Å². The van der Waals surface area contributed by atoms with Crippen LogP contribution >= 0.6 is 0 Å². The van der Waals surface area contributed by atoms with Gasteiger partial charge in [0.2, 0.25) is 0 Å². The third kappa shape index (κ3) is 1.88. The molecule has 0 aromatic heterocycles. The molecule has 0 radical (unpaired) electrons. The van der Waals surface area contributed by atoms with E-state index >= 15 is 0 Å².